The molecule has 0 saturated heterocycles. The van der Waals surface area contributed by atoms with Crippen LogP contribution in [0, 0.1) is 41.4 Å². The van der Waals surface area contributed by atoms with Crippen molar-refractivity contribution >= 4 is 14.3 Å². The second-order valence-electron chi connectivity index (χ2n) is 12.0. The number of aliphatic carboxylic acids is 1. The van der Waals surface area contributed by atoms with Crippen molar-refractivity contribution in [3.63, 3.8) is 0 Å². The molecule has 0 aromatic rings. The van der Waals surface area contributed by atoms with Gasteiger partial charge in [0.2, 0.25) is 0 Å². The van der Waals surface area contributed by atoms with Gasteiger partial charge < -0.3 is 14.6 Å². The molecule has 0 aromatic carbocycles. The Bertz CT molecular complexity index is 634. The van der Waals surface area contributed by atoms with Crippen LogP contribution in [0.2, 0.25) is 18.1 Å². The lowest BCUT2D eigenvalue weighted by Crippen LogP contribution is -2.48. The smallest absolute Gasteiger partial charge is 0.306 e. The summed E-state index contributed by atoms with van der Waals surface area (Å²) in [5, 5.41) is 20.5. The van der Waals surface area contributed by atoms with Gasteiger partial charge in [-0.1, -0.05) is 53.2 Å². The molecule has 0 radical (unpaired) electrons. The van der Waals surface area contributed by atoms with Gasteiger partial charge in [-0.25, -0.2) is 0 Å². The summed E-state index contributed by atoms with van der Waals surface area (Å²) in [5.74, 6) is 0.736. The molecule has 30 heavy (non-hydrogen) atoms. The van der Waals surface area contributed by atoms with Gasteiger partial charge in [-0.2, -0.15) is 0 Å². The summed E-state index contributed by atoms with van der Waals surface area (Å²) in [7, 11) is -1.84. The van der Waals surface area contributed by atoms with Gasteiger partial charge in [0.25, 0.3) is 0 Å². The molecule has 0 heterocycles. The van der Waals surface area contributed by atoms with Crippen LogP contribution in [0.15, 0.2) is 11.6 Å². The molecule has 7 atom stereocenters. The molecule has 0 unspecified atom stereocenters. The molecule has 2 N–H and O–H groups in total. The molecule has 0 amide bonds. The Morgan fingerprint density at radius 3 is 2.30 bits per heavy atom. The minimum absolute atomic E-state index is 0.00289. The van der Waals surface area contributed by atoms with E-state index in [0.29, 0.717) is 30.1 Å². The molecular weight excluding hydrogens is 392 g/mol. The summed E-state index contributed by atoms with van der Waals surface area (Å²) in [4.78, 5) is 11.8. The number of aliphatic hydroxyl groups excluding tert-OH is 1. The van der Waals surface area contributed by atoms with E-state index in [0.717, 1.165) is 19.4 Å². The van der Waals surface area contributed by atoms with Crippen molar-refractivity contribution in [3.05, 3.63) is 11.6 Å². The van der Waals surface area contributed by atoms with Gasteiger partial charge in [-0.15, -0.1) is 0 Å². The largest absolute Gasteiger partial charge is 0.481 e. The van der Waals surface area contributed by atoms with Crippen LogP contribution in [0.5, 0.6) is 0 Å². The predicted octanol–water partition coefficient (Wildman–Crippen LogP) is 5.97. The Balaban J connectivity index is 2.31. The maximum Gasteiger partial charge on any atom is 0.306 e. The molecule has 5 heteroatoms. The van der Waals surface area contributed by atoms with E-state index in [-0.39, 0.29) is 16.9 Å². The average Bonchev–Trinajstić information content (AvgIpc) is 2.59. The molecule has 2 aliphatic rings. The lowest BCUT2D eigenvalue weighted by molar-refractivity contribution is -0.146. The second-order valence-corrected chi connectivity index (χ2v) is 16.8. The van der Waals surface area contributed by atoms with Gasteiger partial charge in [-0.05, 0) is 79.8 Å². The molecule has 0 aromatic heterocycles. The Morgan fingerprint density at radius 1 is 1.20 bits per heavy atom. The molecule has 174 valence electrons. The Labute approximate surface area is 185 Å². The Hall–Kier alpha value is -0.653. The van der Waals surface area contributed by atoms with E-state index in [9.17, 15) is 15.0 Å². The number of hydrogen-bond acceptors (Lipinski definition) is 3. The highest BCUT2D eigenvalue weighted by Gasteiger charge is 2.48. The molecule has 2 rings (SSSR count). The number of fused-ring (bicyclic) bond motifs is 1. The minimum atomic E-state index is -1.84. The van der Waals surface area contributed by atoms with E-state index in [1.165, 1.54) is 5.57 Å². The Kier molecular flexibility index (Phi) is 8.07. The van der Waals surface area contributed by atoms with Crippen LogP contribution in [0.1, 0.15) is 67.7 Å². The fourth-order valence-corrected chi connectivity index (χ4v) is 6.55. The highest BCUT2D eigenvalue weighted by molar-refractivity contribution is 6.74. The third-order valence-corrected chi connectivity index (χ3v) is 13.0. The highest BCUT2D eigenvalue weighted by atomic mass is 28.4. The molecule has 4 nitrogen and oxygen atoms in total. The van der Waals surface area contributed by atoms with Crippen LogP contribution in [0.3, 0.4) is 0 Å². The summed E-state index contributed by atoms with van der Waals surface area (Å²) in [6, 6.07) is 0. The first kappa shape index (κ1) is 25.6. The van der Waals surface area contributed by atoms with Crippen LogP contribution in [0.4, 0.5) is 0 Å². The van der Waals surface area contributed by atoms with Gasteiger partial charge in [0.05, 0.1) is 12.0 Å². The zero-order valence-electron chi connectivity index (χ0n) is 20.7. The van der Waals surface area contributed by atoms with E-state index < -0.39 is 26.3 Å². The second kappa shape index (κ2) is 9.46. The van der Waals surface area contributed by atoms with E-state index >= 15 is 0 Å². The van der Waals surface area contributed by atoms with Gasteiger partial charge in [0.15, 0.2) is 8.32 Å². The van der Waals surface area contributed by atoms with E-state index in [1.54, 1.807) is 0 Å². The van der Waals surface area contributed by atoms with Gasteiger partial charge in [0, 0.05) is 6.61 Å². The minimum Gasteiger partial charge on any atom is -0.481 e. The van der Waals surface area contributed by atoms with Crippen molar-refractivity contribution < 1.29 is 19.4 Å². The van der Waals surface area contributed by atoms with Crippen molar-refractivity contribution in [2.45, 2.75) is 92.0 Å². The fraction of sp³-hybridized carbons (Fsp3) is 0.880. The van der Waals surface area contributed by atoms with Crippen molar-refractivity contribution in [2.24, 2.45) is 41.4 Å². The SMILES string of the molecule is CC1=C[C@@H]2[C@H]([C@H](C)C(=O)O)C[C@H](O)C[C@@H]2[C@H]([C@@H](CO[Si](C)(C)C(C)(C)C)C(C)C)C1. The van der Waals surface area contributed by atoms with Crippen molar-refractivity contribution in [1.82, 2.24) is 0 Å². The third kappa shape index (κ3) is 5.58. The van der Waals surface area contributed by atoms with Crippen molar-refractivity contribution in [2.75, 3.05) is 6.61 Å². The molecule has 0 spiro atoms. The first-order chi connectivity index (χ1) is 13.7. The van der Waals surface area contributed by atoms with E-state index in [4.69, 9.17) is 4.43 Å². The number of allylic oxidation sites excluding steroid dienone is 2. The van der Waals surface area contributed by atoms with Crippen LogP contribution in [-0.4, -0.2) is 37.2 Å². The van der Waals surface area contributed by atoms with Crippen LogP contribution in [-0.2, 0) is 9.22 Å². The molecule has 0 aliphatic heterocycles. The molecular formula is C25H46O4Si. The molecule has 1 saturated carbocycles. The number of carboxylic acid groups (broad SMARTS) is 1. The topological polar surface area (TPSA) is 66.8 Å². The number of carbonyl (C=O) groups is 1. The third-order valence-electron chi connectivity index (χ3n) is 8.54. The van der Waals surface area contributed by atoms with E-state index in [1.807, 2.05) is 6.92 Å². The summed E-state index contributed by atoms with van der Waals surface area (Å²) in [6.07, 6.45) is 4.35. The van der Waals surface area contributed by atoms with Gasteiger partial charge in [0.1, 0.15) is 0 Å². The summed E-state index contributed by atoms with van der Waals surface area (Å²) >= 11 is 0. The quantitative estimate of drug-likeness (QED) is 0.379. The zero-order valence-corrected chi connectivity index (χ0v) is 21.7. The van der Waals surface area contributed by atoms with Gasteiger partial charge >= 0.3 is 5.97 Å². The van der Waals surface area contributed by atoms with Crippen LogP contribution < -0.4 is 0 Å². The number of carboxylic acids is 1. The first-order valence-electron chi connectivity index (χ1n) is 11.9. The lowest BCUT2D eigenvalue weighted by Gasteiger charge is -2.50. The summed E-state index contributed by atoms with van der Waals surface area (Å²) < 4.78 is 6.69. The first-order valence-corrected chi connectivity index (χ1v) is 14.8. The fourth-order valence-electron chi connectivity index (χ4n) is 5.50. The normalized spacial score (nSPS) is 32.4. The standard InChI is InChI=1S/C25H46O4Si/c1-15(2)23(14-29-30(8,9)25(5,6)7)21-11-16(3)10-20-19(17(4)24(27)28)12-18(26)13-22(20)21/h10,15,17-23,26H,11-14H2,1-9H3,(H,27,28)/t17-,18-,19-,20+,21+,22-,23-/m0/s1. The summed E-state index contributed by atoms with van der Waals surface area (Å²) in [6.45, 7) is 20.8. The average molecular weight is 439 g/mol. The Morgan fingerprint density at radius 2 is 1.80 bits per heavy atom. The molecule has 2 aliphatic carbocycles. The number of rotatable bonds is 7. The maximum absolute atomic E-state index is 11.8. The van der Waals surface area contributed by atoms with Crippen molar-refractivity contribution in [3.8, 4) is 0 Å². The van der Waals surface area contributed by atoms with Crippen LogP contribution in [0.25, 0.3) is 0 Å². The van der Waals surface area contributed by atoms with Crippen molar-refractivity contribution in [1.29, 1.82) is 0 Å². The number of aliphatic hydroxyl groups is 1. The molecule has 1 fully saturated rings. The molecule has 0 bridgehead atoms. The highest BCUT2D eigenvalue weighted by Crippen LogP contribution is 2.51. The zero-order chi connectivity index (χ0) is 23.0. The number of hydrogen-bond donors (Lipinski definition) is 2. The monoisotopic (exact) mass is 438 g/mol. The predicted molar refractivity (Wildman–Crippen MR) is 126 cm³/mol. The van der Waals surface area contributed by atoms with Crippen LogP contribution >= 0.6 is 0 Å². The lowest BCUT2D eigenvalue weighted by atomic mass is 9.56. The van der Waals surface area contributed by atoms with Gasteiger partial charge in [-0.3, -0.25) is 4.79 Å². The van der Waals surface area contributed by atoms with E-state index in [2.05, 4.69) is 60.7 Å². The maximum atomic E-state index is 11.8. The summed E-state index contributed by atoms with van der Waals surface area (Å²) in [5.41, 5.74) is 1.37.